The summed E-state index contributed by atoms with van der Waals surface area (Å²) in [5.41, 5.74) is 0.137. The quantitative estimate of drug-likeness (QED) is 0.719. The second-order valence-electron chi connectivity index (χ2n) is 5.14. The lowest BCUT2D eigenvalue weighted by Crippen LogP contribution is -2.45. The molecule has 0 spiro atoms. The van der Waals surface area contributed by atoms with Crippen molar-refractivity contribution in [2.24, 2.45) is 0 Å². The smallest absolute Gasteiger partial charge is 0.252 e. The van der Waals surface area contributed by atoms with Crippen molar-refractivity contribution in [3.8, 4) is 11.8 Å². The number of carbonyl (C=O) groups excluding carboxylic acids is 2. The first kappa shape index (κ1) is 16.2. The summed E-state index contributed by atoms with van der Waals surface area (Å²) < 4.78 is 0. The largest absolute Gasteiger partial charge is 0.384 e. The third-order valence-corrected chi connectivity index (χ3v) is 2.92. The monoisotopic (exact) mass is 294 g/mol. The van der Waals surface area contributed by atoms with E-state index in [2.05, 4.69) is 22.5 Å². The standard InChI is InChI=1S/C14H18N2O3S/c1-14(2,3)16-12(18)8-15-13(19)10-7-11(20-9-10)5-4-6-17/h7,9,17H,6,8H2,1-3H3,(H,15,19)(H,16,18). The Hall–Kier alpha value is -1.84. The van der Waals surface area contributed by atoms with Gasteiger partial charge in [0.15, 0.2) is 0 Å². The van der Waals surface area contributed by atoms with Crippen LogP contribution < -0.4 is 10.6 Å². The highest BCUT2D eigenvalue weighted by atomic mass is 32.1. The normalized spacial score (nSPS) is 10.4. The lowest BCUT2D eigenvalue weighted by Gasteiger charge is -2.20. The Morgan fingerprint density at radius 3 is 2.70 bits per heavy atom. The van der Waals surface area contributed by atoms with Crippen LogP contribution in [-0.2, 0) is 4.79 Å². The topological polar surface area (TPSA) is 78.4 Å². The van der Waals surface area contributed by atoms with Crippen LogP contribution in [0.2, 0.25) is 0 Å². The molecule has 108 valence electrons. The number of thiophene rings is 1. The maximum Gasteiger partial charge on any atom is 0.252 e. The van der Waals surface area contributed by atoms with Gasteiger partial charge >= 0.3 is 0 Å². The van der Waals surface area contributed by atoms with Gasteiger partial charge in [0.25, 0.3) is 5.91 Å². The summed E-state index contributed by atoms with van der Waals surface area (Å²) in [5, 5.41) is 15.6. The summed E-state index contributed by atoms with van der Waals surface area (Å²) >= 11 is 1.32. The summed E-state index contributed by atoms with van der Waals surface area (Å²) in [6, 6.07) is 1.63. The van der Waals surface area contributed by atoms with E-state index in [4.69, 9.17) is 5.11 Å². The highest BCUT2D eigenvalue weighted by Gasteiger charge is 2.15. The average Bonchev–Trinajstić information content (AvgIpc) is 2.80. The number of amides is 2. The van der Waals surface area contributed by atoms with Gasteiger partial charge in [0.2, 0.25) is 5.91 Å². The fraction of sp³-hybridized carbons (Fsp3) is 0.429. The third-order valence-electron chi connectivity index (χ3n) is 2.08. The van der Waals surface area contributed by atoms with Crippen molar-refractivity contribution in [1.29, 1.82) is 0 Å². The van der Waals surface area contributed by atoms with Crippen LogP contribution >= 0.6 is 11.3 Å². The number of nitrogens with one attached hydrogen (secondary N) is 2. The van der Waals surface area contributed by atoms with E-state index in [1.807, 2.05) is 20.8 Å². The fourth-order valence-corrected chi connectivity index (χ4v) is 2.13. The van der Waals surface area contributed by atoms with Gasteiger partial charge in [-0.3, -0.25) is 9.59 Å². The first-order valence-corrected chi connectivity index (χ1v) is 6.97. The Bertz CT molecular complexity index is 547. The van der Waals surface area contributed by atoms with E-state index in [1.165, 1.54) is 11.3 Å². The molecule has 0 atom stereocenters. The maximum absolute atomic E-state index is 11.8. The molecule has 20 heavy (non-hydrogen) atoms. The van der Waals surface area contributed by atoms with Crippen molar-refractivity contribution >= 4 is 23.2 Å². The maximum atomic E-state index is 11.8. The third kappa shape index (κ3) is 5.87. The number of rotatable bonds is 3. The van der Waals surface area contributed by atoms with Crippen LogP contribution in [0.15, 0.2) is 11.4 Å². The van der Waals surface area contributed by atoms with Gasteiger partial charge in [-0.25, -0.2) is 0 Å². The molecule has 1 rings (SSSR count). The first-order valence-electron chi connectivity index (χ1n) is 6.09. The van der Waals surface area contributed by atoms with Crippen LogP contribution in [0.4, 0.5) is 0 Å². The Labute approximate surface area is 122 Å². The highest BCUT2D eigenvalue weighted by Crippen LogP contribution is 2.13. The molecule has 0 aliphatic carbocycles. The molecule has 0 bridgehead atoms. The molecule has 6 heteroatoms. The van der Waals surface area contributed by atoms with Gasteiger partial charge in [-0.1, -0.05) is 11.8 Å². The Morgan fingerprint density at radius 1 is 1.40 bits per heavy atom. The molecule has 0 aliphatic rings. The molecule has 1 aromatic heterocycles. The zero-order valence-electron chi connectivity index (χ0n) is 11.7. The van der Waals surface area contributed by atoms with Crippen LogP contribution in [0.25, 0.3) is 0 Å². The molecule has 0 saturated heterocycles. The molecular formula is C14H18N2O3S. The van der Waals surface area contributed by atoms with Gasteiger partial charge < -0.3 is 15.7 Å². The van der Waals surface area contributed by atoms with Crippen molar-refractivity contribution < 1.29 is 14.7 Å². The van der Waals surface area contributed by atoms with Crippen LogP contribution in [-0.4, -0.2) is 35.6 Å². The second kappa shape index (κ2) is 7.08. The Morgan fingerprint density at radius 2 is 2.10 bits per heavy atom. The van der Waals surface area contributed by atoms with Crippen LogP contribution in [0.3, 0.4) is 0 Å². The molecule has 0 saturated carbocycles. The summed E-state index contributed by atoms with van der Waals surface area (Å²) in [6.07, 6.45) is 0. The van der Waals surface area contributed by atoms with Crippen LogP contribution in [0, 0.1) is 11.8 Å². The SMILES string of the molecule is CC(C)(C)NC(=O)CNC(=O)c1csc(C#CCO)c1. The summed E-state index contributed by atoms with van der Waals surface area (Å²) in [5.74, 6) is 4.69. The van der Waals surface area contributed by atoms with Gasteiger partial charge in [-0.05, 0) is 26.8 Å². The summed E-state index contributed by atoms with van der Waals surface area (Å²) in [6.45, 7) is 5.34. The van der Waals surface area contributed by atoms with E-state index in [-0.39, 0.29) is 30.5 Å². The lowest BCUT2D eigenvalue weighted by atomic mass is 10.1. The minimum atomic E-state index is -0.322. The number of carbonyl (C=O) groups is 2. The fourth-order valence-electron chi connectivity index (χ4n) is 1.37. The predicted octanol–water partition coefficient (Wildman–Crippen LogP) is 0.736. The minimum Gasteiger partial charge on any atom is -0.384 e. The molecule has 0 radical (unpaired) electrons. The molecule has 5 nitrogen and oxygen atoms in total. The Kier molecular flexibility index (Phi) is 5.74. The molecule has 0 fully saturated rings. The highest BCUT2D eigenvalue weighted by molar-refractivity contribution is 7.10. The number of aliphatic hydroxyl groups is 1. The molecule has 0 aliphatic heterocycles. The van der Waals surface area contributed by atoms with E-state index < -0.39 is 0 Å². The lowest BCUT2D eigenvalue weighted by molar-refractivity contribution is -0.121. The van der Waals surface area contributed by atoms with Crippen molar-refractivity contribution in [3.05, 3.63) is 21.9 Å². The van der Waals surface area contributed by atoms with Crippen molar-refractivity contribution in [1.82, 2.24) is 10.6 Å². The molecular weight excluding hydrogens is 276 g/mol. The molecule has 1 aromatic rings. The molecule has 2 amide bonds. The molecule has 0 aromatic carbocycles. The van der Waals surface area contributed by atoms with Gasteiger partial charge in [0, 0.05) is 10.9 Å². The van der Waals surface area contributed by atoms with E-state index in [0.29, 0.717) is 10.4 Å². The van der Waals surface area contributed by atoms with Crippen molar-refractivity contribution in [2.45, 2.75) is 26.3 Å². The molecule has 0 unspecified atom stereocenters. The summed E-state index contributed by atoms with van der Waals surface area (Å²) in [4.78, 5) is 24.1. The van der Waals surface area contributed by atoms with Crippen molar-refractivity contribution in [3.63, 3.8) is 0 Å². The number of aliphatic hydroxyl groups excluding tert-OH is 1. The minimum absolute atomic E-state index is 0.0659. The van der Waals surface area contributed by atoms with E-state index in [1.54, 1.807) is 11.4 Å². The first-order chi connectivity index (χ1) is 9.31. The van der Waals surface area contributed by atoms with Gasteiger partial charge in [-0.2, -0.15) is 0 Å². The van der Waals surface area contributed by atoms with Gasteiger partial charge in [0.1, 0.15) is 6.61 Å². The van der Waals surface area contributed by atoms with Crippen molar-refractivity contribution in [2.75, 3.05) is 13.2 Å². The predicted molar refractivity (Wildman–Crippen MR) is 78.5 cm³/mol. The zero-order valence-corrected chi connectivity index (χ0v) is 12.6. The molecule has 3 N–H and O–H groups in total. The zero-order chi connectivity index (χ0) is 15.2. The summed E-state index contributed by atoms with van der Waals surface area (Å²) in [7, 11) is 0. The Balaban J connectivity index is 2.51. The van der Waals surface area contributed by atoms with Gasteiger partial charge in [-0.15, -0.1) is 11.3 Å². The van der Waals surface area contributed by atoms with Gasteiger partial charge in [0.05, 0.1) is 17.0 Å². The van der Waals surface area contributed by atoms with E-state index >= 15 is 0 Å². The van der Waals surface area contributed by atoms with Crippen LogP contribution in [0.1, 0.15) is 36.0 Å². The molecule has 1 heterocycles. The number of hydrogen-bond acceptors (Lipinski definition) is 4. The number of hydrogen-bond donors (Lipinski definition) is 3. The second-order valence-corrected chi connectivity index (χ2v) is 6.05. The van der Waals surface area contributed by atoms with E-state index in [9.17, 15) is 9.59 Å². The van der Waals surface area contributed by atoms with Crippen LogP contribution in [0.5, 0.6) is 0 Å². The average molecular weight is 294 g/mol. The van der Waals surface area contributed by atoms with E-state index in [0.717, 1.165) is 0 Å².